The second-order valence-electron chi connectivity index (χ2n) is 4.97. The molecule has 0 amide bonds. The lowest BCUT2D eigenvalue weighted by Gasteiger charge is -2.13. The number of hydrogen-bond acceptors (Lipinski definition) is 6. The summed E-state index contributed by atoms with van der Waals surface area (Å²) in [7, 11) is 1.63. The molecule has 0 bridgehead atoms. The number of benzene rings is 2. The van der Waals surface area contributed by atoms with Crippen molar-refractivity contribution in [3.63, 3.8) is 0 Å². The predicted octanol–water partition coefficient (Wildman–Crippen LogP) is 4.32. The Morgan fingerprint density at radius 2 is 1.62 bits per heavy atom. The number of hydrogen-bond donors (Lipinski definition) is 3. The Bertz CT molecular complexity index is 839. The fourth-order valence-electron chi connectivity index (χ4n) is 2.11. The molecule has 0 unspecified atom stereocenters. The molecule has 0 fully saturated rings. The number of nitrogen functional groups attached to an aromatic ring is 1. The molecule has 7 heteroatoms. The monoisotopic (exact) mass is 385 g/mol. The number of halogens is 1. The maximum Gasteiger partial charge on any atom is 0.159 e. The van der Waals surface area contributed by atoms with Gasteiger partial charge in [-0.15, -0.1) is 0 Å². The molecule has 1 aromatic heterocycles. The predicted molar refractivity (Wildman–Crippen MR) is 100 cm³/mol. The normalized spacial score (nSPS) is 10.2. The summed E-state index contributed by atoms with van der Waals surface area (Å²) in [5, 5.41) is 6.37. The van der Waals surface area contributed by atoms with Gasteiger partial charge < -0.3 is 21.1 Å². The number of nitrogens with one attached hydrogen (secondary N) is 2. The van der Waals surface area contributed by atoms with Crippen LogP contribution < -0.4 is 21.1 Å². The molecular weight excluding hydrogens is 370 g/mol. The molecule has 0 saturated heterocycles. The van der Waals surface area contributed by atoms with Gasteiger partial charge in [-0.05, 0) is 42.5 Å². The summed E-state index contributed by atoms with van der Waals surface area (Å²) in [6, 6.07) is 15.3. The van der Waals surface area contributed by atoms with Gasteiger partial charge >= 0.3 is 0 Å². The maximum atomic E-state index is 6.19. The van der Waals surface area contributed by atoms with Crippen molar-refractivity contribution >= 4 is 44.6 Å². The van der Waals surface area contributed by atoms with E-state index in [0.29, 0.717) is 17.3 Å². The summed E-state index contributed by atoms with van der Waals surface area (Å²) in [5.41, 5.74) is 8.36. The van der Waals surface area contributed by atoms with E-state index in [9.17, 15) is 0 Å². The van der Waals surface area contributed by atoms with Crippen molar-refractivity contribution < 1.29 is 4.74 Å². The molecule has 0 atom stereocenters. The van der Waals surface area contributed by atoms with Crippen LogP contribution in [-0.2, 0) is 0 Å². The molecule has 0 saturated carbocycles. The summed E-state index contributed by atoms with van der Waals surface area (Å²) < 4.78 is 6.12. The van der Waals surface area contributed by atoms with Gasteiger partial charge in [-0.1, -0.05) is 22.0 Å². The van der Waals surface area contributed by atoms with Gasteiger partial charge in [0.1, 0.15) is 17.8 Å². The quantitative estimate of drug-likeness (QED) is 0.606. The van der Waals surface area contributed by atoms with Gasteiger partial charge in [-0.2, -0.15) is 0 Å². The highest BCUT2D eigenvalue weighted by molar-refractivity contribution is 9.10. The molecule has 4 N–H and O–H groups in total. The number of anilines is 5. The van der Waals surface area contributed by atoms with Gasteiger partial charge in [0, 0.05) is 15.8 Å². The maximum absolute atomic E-state index is 6.19. The summed E-state index contributed by atoms with van der Waals surface area (Å²) in [5.74, 6) is 1.86. The lowest BCUT2D eigenvalue weighted by atomic mass is 10.3. The first kappa shape index (κ1) is 16.1. The summed E-state index contributed by atoms with van der Waals surface area (Å²) in [6.45, 7) is 0. The lowest BCUT2D eigenvalue weighted by Crippen LogP contribution is -2.05. The molecule has 0 radical (unpaired) electrons. The summed E-state index contributed by atoms with van der Waals surface area (Å²) >= 11 is 3.44. The first-order valence-corrected chi connectivity index (χ1v) is 7.99. The van der Waals surface area contributed by atoms with Crippen LogP contribution in [0.4, 0.5) is 28.7 Å². The minimum absolute atomic E-state index is 0.438. The summed E-state index contributed by atoms with van der Waals surface area (Å²) in [6.07, 6.45) is 1.46. The minimum atomic E-state index is 0.438. The van der Waals surface area contributed by atoms with Crippen molar-refractivity contribution in [1.82, 2.24) is 9.97 Å². The average Bonchev–Trinajstić information content (AvgIpc) is 2.59. The molecule has 0 aliphatic rings. The smallest absolute Gasteiger partial charge is 0.159 e. The Hall–Kier alpha value is -2.80. The van der Waals surface area contributed by atoms with Crippen LogP contribution in [-0.4, -0.2) is 17.1 Å². The lowest BCUT2D eigenvalue weighted by molar-refractivity contribution is 0.415. The Morgan fingerprint density at radius 3 is 2.25 bits per heavy atom. The first-order valence-electron chi connectivity index (χ1n) is 7.20. The van der Waals surface area contributed by atoms with E-state index in [1.165, 1.54) is 6.33 Å². The SMILES string of the molecule is COc1ccc(Nc2ncnc(Nc3cccc(Br)c3)c2N)cc1. The van der Waals surface area contributed by atoms with Crippen molar-refractivity contribution in [1.29, 1.82) is 0 Å². The molecule has 0 spiro atoms. The molecule has 3 aromatic rings. The number of ether oxygens (including phenoxy) is 1. The zero-order chi connectivity index (χ0) is 16.9. The van der Waals surface area contributed by atoms with Gasteiger partial charge in [-0.3, -0.25) is 0 Å². The zero-order valence-corrected chi connectivity index (χ0v) is 14.5. The van der Waals surface area contributed by atoms with Crippen molar-refractivity contribution in [3.8, 4) is 5.75 Å². The zero-order valence-electron chi connectivity index (χ0n) is 13.0. The van der Waals surface area contributed by atoms with E-state index < -0.39 is 0 Å². The van der Waals surface area contributed by atoms with Crippen LogP contribution in [0.25, 0.3) is 0 Å². The van der Waals surface area contributed by atoms with Crippen LogP contribution in [0.2, 0.25) is 0 Å². The second-order valence-corrected chi connectivity index (χ2v) is 5.89. The molecule has 2 aromatic carbocycles. The molecule has 24 heavy (non-hydrogen) atoms. The highest BCUT2D eigenvalue weighted by atomic mass is 79.9. The van der Waals surface area contributed by atoms with Crippen molar-refractivity contribution in [2.45, 2.75) is 0 Å². The largest absolute Gasteiger partial charge is 0.497 e. The molecule has 3 rings (SSSR count). The fraction of sp³-hybridized carbons (Fsp3) is 0.0588. The van der Waals surface area contributed by atoms with Crippen LogP contribution >= 0.6 is 15.9 Å². The standard InChI is InChI=1S/C17H16BrN5O/c1-24-14-7-5-12(6-8-14)22-16-15(19)17(21-10-20-16)23-13-4-2-3-11(18)9-13/h2-10H,19H2,1H3,(H2,20,21,22,23). The van der Waals surface area contributed by atoms with Crippen LogP contribution in [0.3, 0.4) is 0 Å². The Morgan fingerprint density at radius 1 is 0.958 bits per heavy atom. The average molecular weight is 386 g/mol. The highest BCUT2D eigenvalue weighted by Crippen LogP contribution is 2.29. The highest BCUT2D eigenvalue weighted by Gasteiger charge is 2.09. The molecular formula is C17H16BrN5O. The third-order valence-corrected chi connectivity index (χ3v) is 3.82. The number of rotatable bonds is 5. The topological polar surface area (TPSA) is 85.1 Å². The Kier molecular flexibility index (Phi) is 4.81. The third-order valence-electron chi connectivity index (χ3n) is 3.32. The summed E-state index contributed by atoms with van der Waals surface area (Å²) in [4.78, 5) is 8.42. The minimum Gasteiger partial charge on any atom is -0.497 e. The second kappa shape index (κ2) is 7.18. The molecule has 0 aliphatic carbocycles. The van der Waals surface area contributed by atoms with E-state index >= 15 is 0 Å². The van der Waals surface area contributed by atoms with Crippen LogP contribution in [0.5, 0.6) is 5.75 Å². The van der Waals surface area contributed by atoms with Crippen LogP contribution in [0.15, 0.2) is 59.3 Å². The third kappa shape index (κ3) is 3.75. The van der Waals surface area contributed by atoms with Crippen molar-refractivity contribution in [2.24, 2.45) is 0 Å². The molecule has 6 nitrogen and oxygen atoms in total. The van der Waals surface area contributed by atoms with Gasteiger partial charge in [-0.25, -0.2) is 9.97 Å². The van der Waals surface area contributed by atoms with E-state index in [1.54, 1.807) is 7.11 Å². The Balaban J connectivity index is 1.82. The van der Waals surface area contributed by atoms with E-state index in [0.717, 1.165) is 21.6 Å². The van der Waals surface area contributed by atoms with E-state index in [1.807, 2.05) is 48.5 Å². The first-order chi connectivity index (χ1) is 11.7. The van der Waals surface area contributed by atoms with Crippen LogP contribution in [0, 0.1) is 0 Å². The number of nitrogens with zero attached hydrogens (tertiary/aromatic N) is 2. The van der Waals surface area contributed by atoms with Gasteiger partial charge in [0.05, 0.1) is 7.11 Å². The molecule has 0 aliphatic heterocycles. The van der Waals surface area contributed by atoms with E-state index in [2.05, 4.69) is 36.5 Å². The molecule has 122 valence electrons. The van der Waals surface area contributed by atoms with E-state index in [-0.39, 0.29) is 0 Å². The van der Waals surface area contributed by atoms with Crippen molar-refractivity contribution in [2.75, 3.05) is 23.5 Å². The van der Waals surface area contributed by atoms with Gasteiger partial charge in [0.2, 0.25) is 0 Å². The number of nitrogens with two attached hydrogens (primary N) is 1. The van der Waals surface area contributed by atoms with Gasteiger partial charge in [0.25, 0.3) is 0 Å². The number of aromatic nitrogens is 2. The van der Waals surface area contributed by atoms with Crippen molar-refractivity contribution in [3.05, 3.63) is 59.3 Å². The van der Waals surface area contributed by atoms with Gasteiger partial charge in [0.15, 0.2) is 11.6 Å². The Labute approximate surface area is 148 Å². The number of methoxy groups -OCH3 is 1. The van der Waals surface area contributed by atoms with Crippen LogP contribution in [0.1, 0.15) is 0 Å². The molecule has 1 heterocycles. The van der Waals surface area contributed by atoms with E-state index in [4.69, 9.17) is 10.5 Å². The fourth-order valence-corrected chi connectivity index (χ4v) is 2.51.